The van der Waals surface area contributed by atoms with Gasteiger partial charge in [0, 0.05) is 12.4 Å². The van der Waals surface area contributed by atoms with Crippen molar-refractivity contribution in [1.29, 1.82) is 0 Å². The summed E-state index contributed by atoms with van der Waals surface area (Å²) in [5, 5.41) is -0.281. The van der Waals surface area contributed by atoms with E-state index in [4.69, 9.17) is 4.18 Å². The molecular formula is C12H20N2O3S. The summed E-state index contributed by atoms with van der Waals surface area (Å²) >= 11 is 0. The van der Waals surface area contributed by atoms with E-state index in [1.807, 2.05) is 0 Å². The Morgan fingerprint density at radius 1 is 1.28 bits per heavy atom. The third kappa shape index (κ3) is 2.31. The Labute approximate surface area is 108 Å². The number of nitrogens with zero attached hydrogens (tertiary/aromatic N) is 2. The summed E-state index contributed by atoms with van der Waals surface area (Å²) < 4.78 is 31.2. The first-order chi connectivity index (χ1) is 8.17. The van der Waals surface area contributed by atoms with Crippen LogP contribution < -0.4 is 0 Å². The summed E-state index contributed by atoms with van der Waals surface area (Å²) in [6.07, 6.45) is 9.27. The molecule has 1 aliphatic carbocycles. The smallest absolute Gasteiger partial charge is 0.272 e. The second kappa shape index (κ2) is 5.01. The van der Waals surface area contributed by atoms with Gasteiger partial charge in [-0.05, 0) is 25.2 Å². The highest BCUT2D eigenvalue weighted by Gasteiger charge is 2.43. The molecule has 18 heavy (non-hydrogen) atoms. The highest BCUT2D eigenvalue weighted by Crippen LogP contribution is 2.41. The minimum Gasteiger partial charge on any atom is -0.310 e. The molecule has 0 aromatic carbocycles. The number of aromatic nitrogens is 2. The van der Waals surface area contributed by atoms with Crippen LogP contribution in [-0.2, 0) is 14.3 Å². The van der Waals surface area contributed by atoms with Crippen LogP contribution in [0.25, 0.3) is 0 Å². The summed E-state index contributed by atoms with van der Waals surface area (Å²) in [4.78, 5) is 3.94. The van der Waals surface area contributed by atoms with Gasteiger partial charge in [-0.3, -0.25) is 0 Å². The molecule has 0 amide bonds. The predicted molar refractivity (Wildman–Crippen MR) is 68.4 cm³/mol. The zero-order valence-corrected chi connectivity index (χ0v) is 10.3. The molecule has 0 bridgehead atoms. The fourth-order valence-electron chi connectivity index (χ4n) is 2.96. The number of imidazole rings is 1. The maximum atomic E-state index is 12.1. The Balaban J connectivity index is 0.00000120. The van der Waals surface area contributed by atoms with Crippen molar-refractivity contribution in [3.63, 3.8) is 0 Å². The van der Waals surface area contributed by atoms with E-state index in [1.54, 1.807) is 23.3 Å². The van der Waals surface area contributed by atoms with Crippen LogP contribution in [0.5, 0.6) is 0 Å². The highest BCUT2D eigenvalue weighted by molar-refractivity contribution is 7.87. The third-order valence-electron chi connectivity index (χ3n) is 3.82. The van der Waals surface area contributed by atoms with Gasteiger partial charge in [-0.1, -0.05) is 20.3 Å². The van der Waals surface area contributed by atoms with Gasteiger partial charge in [-0.25, -0.2) is 9.17 Å². The van der Waals surface area contributed by atoms with Crippen LogP contribution in [0.2, 0.25) is 0 Å². The van der Waals surface area contributed by atoms with E-state index >= 15 is 0 Å². The minimum absolute atomic E-state index is 0. The maximum absolute atomic E-state index is 12.1. The Hall–Kier alpha value is -0.880. The molecule has 3 atom stereocenters. The number of hydrogen-bond donors (Lipinski definition) is 0. The van der Waals surface area contributed by atoms with E-state index in [1.165, 1.54) is 0 Å². The largest absolute Gasteiger partial charge is 0.310 e. The van der Waals surface area contributed by atoms with Crippen LogP contribution in [0.1, 0.15) is 45.8 Å². The van der Waals surface area contributed by atoms with Gasteiger partial charge in [0.25, 0.3) is 10.1 Å². The van der Waals surface area contributed by atoms with Crippen molar-refractivity contribution < 1.29 is 12.6 Å². The van der Waals surface area contributed by atoms with Crippen LogP contribution in [0, 0.1) is 5.92 Å². The van der Waals surface area contributed by atoms with Gasteiger partial charge in [0.2, 0.25) is 0 Å². The lowest BCUT2D eigenvalue weighted by molar-refractivity contribution is 0.0695. The van der Waals surface area contributed by atoms with Gasteiger partial charge >= 0.3 is 0 Å². The molecule has 5 nitrogen and oxygen atoms in total. The molecule has 0 N–H and O–H groups in total. The molecule has 0 spiro atoms. The quantitative estimate of drug-likeness (QED) is 0.736. The molecule has 1 aromatic rings. The van der Waals surface area contributed by atoms with Crippen LogP contribution in [-0.4, -0.2) is 23.2 Å². The molecule has 102 valence electrons. The monoisotopic (exact) mass is 272 g/mol. The Kier molecular flexibility index (Phi) is 3.77. The van der Waals surface area contributed by atoms with Crippen molar-refractivity contribution in [1.82, 2.24) is 9.55 Å². The van der Waals surface area contributed by atoms with E-state index in [2.05, 4.69) is 4.98 Å². The number of rotatable bonds is 1. The van der Waals surface area contributed by atoms with Gasteiger partial charge < -0.3 is 4.57 Å². The summed E-state index contributed by atoms with van der Waals surface area (Å²) in [5.74, 6) is 0.245. The summed E-state index contributed by atoms with van der Waals surface area (Å²) in [6.45, 7) is 0. The van der Waals surface area contributed by atoms with Crippen LogP contribution in [0.15, 0.2) is 18.7 Å². The first-order valence-electron chi connectivity index (χ1n) is 6.06. The van der Waals surface area contributed by atoms with E-state index in [0.717, 1.165) is 32.1 Å². The van der Waals surface area contributed by atoms with Gasteiger partial charge in [0.15, 0.2) is 6.23 Å². The molecule has 2 fully saturated rings. The Bertz CT molecular complexity index is 483. The van der Waals surface area contributed by atoms with Crippen LogP contribution in [0.4, 0.5) is 0 Å². The topological polar surface area (TPSA) is 61.2 Å². The zero-order valence-electron chi connectivity index (χ0n) is 9.53. The van der Waals surface area contributed by atoms with Crippen molar-refractivity contribution in [3.8, 4) is 0 Å². The zero-order chi connectivity index (χ0) is 11.9. The van der Waals surface area contributed by atoms with Gasteiger partial charge in [0.1, 0.15) is 0 Å². The van der Waals surface area contributed by atoms with E-state index < -0.39 is 16.3 Å². The molecule has 1 aromatic heterocycles. The van der Waals surface area contributed by atoms with Crippen LogP contribution >= 0.6 is 0 Å². The minimum atomic E-state index is -3.41. The molecule has 6 heteroatoms. The Morgan fingerprint density at radius 3 is 2.78 bits per heavy atom. The molecule has 1 aliphatic heterocycles. The second-order valence-electron chi connectivity index (χ2n) is 4.87. The molecule has 0 radical (unpaired) electrons. The summed E-state index contributed by atoms with van der Waals surface area (Å²) in [6, 6.07) is 0. The first kappa shape index (κ1) is 13.5. The summed E-state index contributed by atoms with van der Waals surface area (Å²) in [7, 11) is -3.41. The fourth-order valence-corrected chi connectivity index (χ4v) is 4.76. The standard InChI is InChI=1S/C11H16N2O3S.CH4/c14-17(15)10-4-2-1-3-9(10)7-11(16-17)13-6-5-12-8-13;/h5-6,8-11H,1-4,7H2;1H4. The molecule has 3 unspecified atom stereocenters. The SMILES string of the molecule is C.O=S1(=O)OC(n2ccnc2)CC2CCCCC21. The third-order valence-corrected chi connectivity index (χ3v) is 5.67. The second-order valence-corrected chi connectivity index (χ2v) is 6.66. The van der Waals surface area contributed by atoms with Crippen molar-refractivity contribution in [2.75, 3.05) is 0 Å². The molecule has 1 saturated heterocycles. The van der Waals surface area contributed by atoms with Crippen LogP contribution in [0.3, 0.4) is 0 Å². The van der Waals surface area contributed by atoms with E-state index in [9.17, 15) is 8.42 Å². The Morgan fingerprint density at radius 2 is 2.06 bits per heavy atom. The molecule has 1 saturated carbocycles. The molecule has 2 heterocycles. The van der Waals surface area contributed by atoms with Gasteiger partial charge in [0.05, 0.1) is 11.6 Å². The lowest BCUT2D eigenvalue weighted by Crippen LogP contribution is -2.41. The predicted octanol–water partition coefficient (Wildman–Crippen LogP) is 2.33. The van der Waals surface area contributed by atoms with Crippen molar-refractivity contribution in [2.24, 2.45) is 5.92 Å². The lowest BCUT2D eigenvalue weighted by atomic mass is 9.86. The number of hydrogen-bond acceptors (Lipinski definition) is 4. The number of fused-ring (bicyclic) bond motifs is 1. The molecule has 3 rings (SSSR count). The van der Waals surface area contributed by atoms with Gasteiger partial charge in [-0.2, -0.15) is 8.42 Å². The van der Waals surface area contributed by atoms with Crippen molar-refractivity contribution >= 4 is 10.1 Å². The van der Waals surface area contributed by atoms with Gasteiger partial charge in [-0.15, -0.1) is 0 Å². The fraction of sp³-hybridized carbons (Fsp3) is 0.750. The maximum Gasteiger partial charge on any atom is 0.272 e. The lowest BCUT2D eigenvalue weighted by Gasteiger charge is -2.38. The molecular weight excluding hydrogens is 252 g/mol. The normalized spacial score (nSPS) is 34.3. The average molecular weight is 272 g/mol. The van der Waals surface area contributed by atoms with E-state index in [0.29, 0.717) is 0 Å². The van der Waals surface area contributed by atoms with E-state index in [-0.39, 0.29) is 18.6 Å². The average Bonchev–Trinajstić information content (AvgIpc) is 2.81. The summed E-state index contributed by atoms with van der Waals surface area (Å²) in [5.41, 5.74) is 0. The first-order valence-corrected chi connectivity index (χ1v) is 7.53. The highest BCUT2D eigenvalue weighted by atomic mass is 32.2. The van der Waals surface area contributed by atoms with Crippen molar-refractivity contribution in [3.05, 3.63) is 18.7 Å². The molecule has 2 aliphatic rings. The van der Waals surface area contributed by atoms with Crippen molar-refractivity contribution in [2.45, 2.75) is 51.0 Å².